The quantitative estimate of drug-likeness (QED) is 0.867. The van der Waals surface area contributed by atoms with E-state index in [-0.39, 0.29) is 0 Å². The van der Waals surface area contributed by atoms with Gasteiger partial charge in [0.05, 0.1) is 12.0 Å². The summed E-state index contributed by atoms with van der Waals surface area (Å²) in [5, 5.41) is 0. The van der Waals surface area contributed by atoms with Crippen molar-refractivity contribution in [1.29, 1.82) is 0 Å². The van der Waals surface area contributed by atoms with Crippen LogP contribution in [-0.2, 0) is 13.0 Å². The van der Waals surface area contributed by atoms with Gasteiger partial charge in [-0.2, -0.15) is 0 Å². The summed E-state index contributed by atoms with van der Waals surface area (Å²) in [7, 11) is 0. The largest absolute Gasteiger partial charge is 0.461 e. The average molecular weight is 297 g/mol. The molecule has 0 amide bonds. The van der Waals surface area contributed by atoms with Crippen molar-refractivity contribution in [2.75, 3.05) is 13.1 Å². The molecule has 1 aliphatic heterocycles. The summed E-state index contributed by atoms with van der Waals surface area (Å²) < 4.78 is 5.42. The van der Waals surface area contributed by atoms with Crippen molar-refractivity contribution in [2.45, 2.75) is 45.1 Å². The lowest BCUT2D eigenvalue weighted by Gasteiger charge is -2.32. The third-order valence-electron chi connectivity index (χ3n) is 5.01. The van der Waals surface area contributed by atoms with Crippen LogP contribution in [0.4, 0.5) is 0 Å². The Morgan fingerprint density at radius 3 is 2.95 bits per heavy atom. The van der Waals surface area contributed by atoms with Crippen molar-refractivity contribution in [2.24, 2.45) is 5.92 Å². The van der Waals surface area contributed by atoms with Crippen molar-refractivity contribution in [3.63, 3.8) is 0 Å². The summed E-state index contributed by atoms with van der Waals surface area (Å²) in [6.45, 7) is 3.34. The van der Waals surface area contributed by atoms with E-state index in [0.717, 1.165) is 31.2 Å². The predicted molar refractivity (Wildman–Crippen MR) is 85.3 cm³/mol. The van der Waals surface area contributed by atoms with Crippen LogP contribution >= 0.6 is 0 Å². The van der Waals surface area contributed by atoms with Crippen LogP contribution in [0.1, 0.15) is 43.4 Å². The third-order valence-corrected chi connectivity index (χ3v) is 5.01. The molecule has 2 aromatic rings. The topological polar surface area (TPSA) is 42.2 Å². The highest BCUT2D eigenvalue weighted by molar-refractivity contribution is 5.46. The lowest BCUT2D eigenvalue weighted by Crippen LogP contribution is -2.35. The standard InChI is InChI=1S/C18H23N3O/c1-2-5-14(6-3-1)12-21-9-8-15-11-19-18(20-16(15)13-21)17-7-4-10-22-17/h4,7,10-11,14H,1-3,5-6,8-9,12-13H2. The maximum absolute atomic E-state index is 5.42. The van der Waals surface area contributed by atoms with Crippen molar-refractivity contribution in [3.05, 3.63) is 35.9 Å². The second kappa shape index (κ2) is 6.21. The maximum atomic E-state index is 5.42. The van der Waals surface area contributed by atoms with Gasteiger partial charge in [0.15, 0.2) is 11.6 Å². The molecule has 22 heavy (non-hydrogen) atoms. The Morgan fingerprint density at radius 2 is 2.14 bits per heavy atom. The van der Waals surface area contributed by atoms with Crippen molar-refractivity contribution in [1.82, 2.24) is 14.9 Å². The molecule has 4 heteroatoms. The molecule has 1 saturated carbocycles. The first-order chi connectivity index (χ1) is 10.9. The van der Waals surface area contributed by atoms with Gasteiger partial charge >= 0.3 is 0 Å². The number of hydrogen-bond acceptors (Lipinski definition) is 4. The van der Waals surface area contributed by atoms with Gasteiger partial charge in [0.2, 0.25) is 0 Å². The van der Waals surface area contributed by atoms with E-state index in [9.17, 15) is 0 Å². The molecule has 0 atom stereocenters. The smallest absolute Gasteiger partial charge is 0.195 e. The van der Waals surface area contributed by atoms with E-state index in [1.54, 1.807) is 6.26 Å². The van der Waals surface area contributed by atoms with Crippen LogP contribution in [0, 0.1) is 5.92 Å². The van der Waals surface area contributed by atoms with Gasteiger partial charge in [-0.25, -0.2) is 9.97 Å². The molecule has 0 radical (unpaired) electrons. The first kappa shape index (κ1) is 13.9. The Bertz CT molecular complexity index is 617. The van der Waals surface area contributed by atoms with Crippen LogP contribution in [0.3, 0.4) is 0 Å². The number of fused-ring (bicyclic) bond motifs is 1. The summed E-state index contributed by atoms with van der Waals surface area (Å²) >= 11 is 0. The SMILES string of the molecule is c1coc(-c2ncc3c(n2)CN(CC2CCCCC2)CC3)c1. The average Bonchev–Trinajstić information content (AvgIpc) is 3.10. The first-order valence-corrected chi connectivity index (χ1v) is 8.49. The Hall–Kier alpha value is -1.68. The minimum absolute atomic E-state index is 0.711. The zero-order valence-electron chi connectivity index (χ0n) is 13.0. The predicted octanol–water partition coefficient (Wildman–Crippen LogP) is 3.68. The molecule has 1 fully saturated rings. The monoisotopic (exact) mass is 297 g/mol. The molecule has 0 saturated heterocycles. The van der Waals surface area contributed by atoms with Crippen molar-refractivity contribution >= 4 is 0 Å². The second-order valence-corrected chi connectivity index (χ2v) is 6.63. The highest BCUT2D eigenvalue weighted by Gasteiger charge is 2.23. The molecule has 1 aliphatic carbocycles. The normalized spacial score (nSPS) is 20.0. The van der Waals surface area contributed by atoms with E-state index in [0.29, 0.717) is 5.82 Å². The molecule has 0 spiro atoms. The summed E-state index contributed by atoms with van der Waals surface area (Å²) in [6, 6.07) is 3.80. The minimum atomic E-state index is 0.711. The van der Waals surface area contributed by atoms with Crippen molar-refractivity contribution in [3.8, 4) is 11.6 Å². The van der Waals surface area contributed by atoms with Crippen LogP contribution < -0.4 is 0 Å². The zero-order valence-corrected chi connectivity index (χ0v) is 13.0. The number of furan rings is 1. The van der Waals surface area contributed by atoms with Crippen LogP contribution in [0.25, 0.3) is 11.6 Å². The Morgan fingerprint density at radius 1 is 1.23 bits per heavy atom. The molecular formula is C18H23N3O. The molecule has 0 bridgehead atoms. The van der Waals surface area contributed by atoms with E-state index in [2.05, 4.69) is 9.88 Å². The van der Waals surface area contributed by atoms with E-state index < -0.39 is 0 Å². The van der Waals surface area contributed by atoms with Gasteiger partial charge in [0.25, 0.3) is 0 Å². The highest BCUT2D eigenvalue weighted by atomic mass is 16.3. The lowest BCUT2D eigenvalue weighted by atomic mass is 9.88. The van der Waals surface area contributed by atoms with Crippen molar-refractivity contribution < 1.29 is 4.42 Å². The summed E-state index contributed by atoms with van der Waals surface area (Å²) in [4.78, 5) is 11.8. The van der Waals surface area contributed by atoms with E-state index >= 15 is 0 Å². The summed E-state index contributed by atoms with van der Waals surface area (Å²) in [5.41, 5.74) is 2.48. The van der Waals surface area contributed by atoms with E-state index in [1.807, 2.05) is 18.3 Å². The number of aromatic nitrogens is 2. The van der Waals surface area contributed by atoms with Gasteiger partial charge in [-0.3, -0.25) is 4.90 Å². The highest BCUT2D eigenvalue weighted by Crippen LogP contribution is 2.27. The van der Waals surface area contributed by atoms with Crippen LogP contribution in [0.2, 0.25) is 0 Å². The Kier molecular flexibility index (Phi) is 3.94. The second-order valence-electron chi connectivity index (χ2n) is 6.63. The Labute approximate surface area is 131 Å². The molecule has 3 heterocycles. The molecule has 2 aromatic heterocycles. The molecule has 4 rings (SSSR count). The fraction of sp³-hybridized carbons (Fsp3) is 0.556. The number of rotatable bonds is 3. The van der Waals surface area contributed by atoms with Gasteiger partial charge < -0.3 is 4.42 Å². The molecule has 0 unspecified atom stereocenters. The van der Waals surface area contributed by atoms with E-state index in [1.165, 1.54) is 49.9 Å². The molecule has 0 N–H and O–H groups in total. The number of hydrogen-bond donors (Lipinski definition) is 0. The zero-order chi connectivity index (χ0) is 14.8. The fourth-order valence-corrected chi connectivity index (χ4v) is 3.77. The molecule has 2 aliphatic rings. The molecule has 0 aromatic carbocycles. The number of nitrogens with zero attached hydrogens (tertiary/aromatic N) is 3. The maximum Gasteiger partial charge on any atom is 0.195 e. The summed E-state index contributed by atoms with van der Waals surface area (Å²) in [6.07, 6.45) is 11.8. The fourth-order valence-electron chi connectivity index (χ4n) is 3.77. The molecule has 4 nitrogen and oxygen atoms in total. The minimum Gasteiger partial charge on any atom is -0.461 e. The van der Waals surface area contributed by atoms with Crippen LogP contribution in [0.5, 0.6) is 0 Å². The molecular weight excluding hydrogens is 274 g/mol. The van der Waals surface area contributed by atoms with Gasteiger partial charge in [0, 0.05) is 25.8 Å². The first-order valence-electron chi connectivity index (χ1n) is 8.49. The lowest BCUT2D eigenvalue weighted by molar-refractivity contribution is 0.184. The van der Waals surface area contributed by atoms with Gasteiger partial charge in [0.1, 0.15) is 0 Å². The van der Waals surface area contributed by atoms with Gasteiger partial charge in [-0.1, -0.05) is 19.3 Å². The summed E-state index contributed by atoms with van der Waals surface area (Å²) in [5.74, 6) is 2.36. The Balaban J connectivity index is 1.48. The van der Waals surface area contributed by atoms with Crippen LogP contribution in [-0.4, -0.2) is 28.0 Å². The van der Waals surface area contributed by atoms with E-state index in [4.69, 9.17) is 9.40 Å². The third kappa shape index (κ3) is 2.93. The van der Waals surface area contributed by atoms with Crippen LogP contribution in [0.15, 0.2) is 29.0 Å². The van der Waals surface area contributed by atoms with Gasteiger partial charge in [-0.05, 0) is 42.9 Å². The molecule has 116 valence electrons. The van der Waals surface area contributed by atoms with Gasteiger partial charge in [-0.15, -0.1) is 0 Å².